The third kappa shape index (κ3) is 3.87. The van der Waals surface area contributed by atoms with Crippen LogP contribution in [0.15, 0.2) is 77.8 Å². The molecule has 1 atom stereocenters. The molecule has 0 bridgehead atoms. The van der Waals surface area contributed by atoms with E-state index in [0.29, 0.717) is 10.0 Å². The zero-order valence-corrected chi connectivity index (χ0v) is 14.8. The second-order valence-corrected chi connectivity index (χ2v) is 6.39. The van der Waals surface area contributed by atoms with Crippen LogP contribution in [0.4, 0.5) is 0 Å². The Morgan fingerprint density at radius 3 is 1.96 bits per heavy atom. The van der Waals surface area contributed by atoms with Gasteiger partial charge in [-0.1, -0.05) is 83.9 Å². The summed E-state index contributed by atoms with van der Waals surface area (Å²) in [5, 5.41) is 1.29. The second-order valence-electron chi connectivity index (χ2n) is 5.58. The molecule has 0 aromatic heterocycles. The molecule has 3 heteroatoms. The maximum atomic E-state index is 6.24. The van der Waals surface area contributed by atoms with E-state index >= 15 is 0 Å². The summed E-state index contributed by atoms with van der Waals surface area (Å²) >= 11 is 12.5. The van der Waals surface area contributed by atoms with Crippen molar-refractivity contribution in [2.45, 2.75) is 13.0 Å². The molecule has 0 aliphatic carbocycles. The summed E-state index contributed by atoms with van der Waals surface area (Å²) in [6, 6.07) is 24.0. The van der Waals surface area contributed by atoms with Crippen molar-refractivity contribution in [3.05, 3.63) is 94.0 Å². The van der Waals surface area contributed by atoms with Gasteiger partial charge < -0.3 is 0 Å². The fourth-order valence-corrected chi connectivity index (χ4v) is 3.29. The van der Waals surface area contributed by atoms with Gasteiger partial charge in [0.25, 0.3) is 0 Å². The minimum absolute atomic E-state index is 0.0972. The van der Waals surface area contributed by atoms with Crippen LogP contribution < -0.4 is 0 Å². The van der Waals surface area contributed by atoms with Gasteiger partial charge in [0.1, 0.15) is 0 Å². The Bertz CT molecular complexity index is 819. The standard InChI is InChI=1S/C21H17Cl2N/c1-15(21-19(22)8-5-9-20(21)23)24-14-16-10-12-18(13-11-16)17-6-3-2-4-7-17/h2-15H,1H3/b24-14-. The molecule has 0 saturated carbocycles. The van der Waals surface area contributed by atoms with Crippen LogP contribution in [0.2, 0.25) is 10.0 Å². The molecular formula is C21H17Cl2N. The zero-order valence-electron chi connectivity index (χ0n) is 13.3. The molecule has 0 spiro atoms. The molecule has 1 unspecified atom stereocenters. The summed E-state index contributed by atoms with van der Waals surface area (Å²) in [6.45, 7) is 1.99. The van der Waals surface area contributed by atoms with E-state index in [9.17, 15) is 0 Å². The van der Waals surface area contributed by atoms with Gasteiger partial charge in [0.15, 0.2) is 0 Å². The van der Waals surface area contributed by atoms with Gasteiger partial charge >= 0.3 is 0 Å². The van der Waals surface area contributed by atoms with E-state index in [1.807, 2.05) is 49.5 Å². The number of nitrogens with zero attached hydrogens (tertiary/aromatic N) is 1. The lowest BCUT2D eigenvalue weighted by Gasteiger charge is -2.11. The summed E-state index contributed by atoms with van der Waals surface area (Å²) in [7, 11) is 0. The summed E-state index contributed by atoms with van der Waals surface area (Å²) in [4.78, 5) is 4.59. The maximum absolute atomic E-state index is 6.24. The van der Waals surface area contributed by atoms with Gasteiger partial charge in [0.2, 0.25) is 0 Å². The molecule has 0 heterocycles. The highest BCUT2D eigenvalue weighted by atomic mass is 35.5. The van der Waals surface area contributed by atoms with Crippen molar-refractivity contribution in [2.24, 2.45) is 4.99 Å². The monoisotopic (exact) mass is 353 g/mol. The SMILES string of the molecule is CC(/N=C\c1ccc(-c2ccccc2)cc1)c1c(Cl)cccc1Cl. The highest BCUT2D eigenvalue weighted by Crippen LogP contribution is 2.32. The van der Waals surface area contributed by atoms with Crippen LogP contribution in [-0.4, -0.2) is 6.21 Å². The first-order valence-electron chi connectivity index (χ1n) is 7.78. The topological polar surface area (TPSA) is 12.4 Å². The molecule has 120 valence electrons. The van der Waals surface area contributed by atoms with Crippen LogP contribution in [0.5, 0.6) is 0 Å². The fraction of sp³-hybridized carbons (Fsp3) is 0.0952. The largest absolute Gasteiger partial charge is 0.285 e. The lowest BCUT2D eigenvalue weighted by Crippen LogP contribution is -1.94. The first-order chi connectivity index (χ1) is 11.6. The molecule has 0 saturated heterocycles. The van der Waals surface area contributed by atoms with Crippen LogP contribution >= 0.6 is 23.2 Å². The third-order valence-corrected chi connectivity index (χ3v) is 4.54. The van der Waals surface area contributed by atoms with Crippen molar-refractivity contribution in [1.29, 1.82) is 0 Å². The van der Waals surface area contributed by atoms with Crippen LogP contribution in [0.3, 0.4) is 0 Å². The van der Waals surface area contributed by atoms with Crippen molar-refractivity contribution in [3.8, 4) is 11.1 Å². The lowest BCUT2D eigenvalue weighted by molar-refractivity contribution is 0.826. The predicted molar refractivity (Wildman–Crippen MR) is 104 cm³/mol. The van der Waals surface area contributed by atoms with Gasteiger partial charge in [-0.15, -0.1) is 0 Å². The molecule has 0 N–H and O–H groups in total. The molecule has 3 aromatic carbocycles. The van der Waals surface area contributed by atoms with Gasteiger partial charge in [0.05, 0.1) is 6.04 Å². The van der Waals surface area contributed by atoms with Gasteiger partial charge in [-0.05, 0) is 35.7 Å². The Morgan fingerprint density at radius 2 is 1.33 bits per heavy atom. The number of hydrogen-bond acceptors (Lipinski definition) is 1. The third-order valence-electron chi connectivity index (χ3n) is 3.88. The summed E-state index contributed by atoms with van der Waals surface area (Å²) in [5.74, 6) is 0. The average Bonchev–Trinajstić information content (AvgIpc) is 2.61. The Kier molecular flexibility index (Phi) is 5.34. The Balaban J connectivity index is 1.77. The minimum Gasteiger partial charge on any atom is -0.285 e. The van der Waals surface area contributed by atoms with Crippen molar-refractivity contribution >= 4 is 29.4 Å². The number of hydrogen-bond donors (Lipinski definition) is 0. The summed E-state index contributed by atoms with van der Waals surface area (Å²) in [5.41, 5.74) is 4.30. The van der Waals surface area contributed by atoms with E-state index in [0.717, 1.165) is 11.1 Å². The van der Waals surface area contributed by atoms with Gasteiger partial charge in [-0.3, -0.25) is 4.99 Å². The fourth-order valence-electron chi connectivity index (χ4n) is 2.57. The molecule has 24 heavy (non-hydrogen) atoms. The highest BCUT2D eigenvalue weighted by molar-refractivity contribution is 6.36. The molecule has 0 aliphatic rings. The van der Waals surface area contributed by atoms with Gasteiger partial charge in [-0.2, -0.15) is 0 Å². The van der Waals surface area contributed by atoms with Crippen molar-refractivity contribution in [3.63, 3.8) is 0 Å². The molecule has 0 aliphatic heterocycles. The first-order valence-corrected chi connectivity index (χ1v) is 8.53. The maximum Gasteiger partial charge on any atom is 0.0750 e. The number of aliphatic imine (C=N–C) groups is 1. The summed E-state index contributed by atoms with van der Waals surface area (Å²) in [6.07, 6.45) is 1.86. The molecular weight excluding hydrogens is 337 g/mol. The van der Waals surface area contributed by atoms with E-state index in [1.54, 1.807) is 0 Å². The molecule has 3 rings (SSSR count). The van der Waals surface area contributed by atoms with Crippen molar-refractivity contribution < 1.29 is 0 Å². The van der Waals surface area contributed by atoms with Crippen molar-refractivity contribution in [2.75, 3.05) is 0 Å². The van der Waals surface area contributed by atoms with Crippen LogP contribution in [0, 0.1) is 0 Å². The number of rotatable bonds is 4. The Labute approximate surface area is 152 Å². The summed E-state index contributed by atoms with van der Waals surface area (Å²) < 4.78 is 0. The number of benzene rings is 3. The minimum atomic E-state index is -0.0972. The zero-order chi connectivity index (χ0) is 16.9. The Hall–Kier alpha value is -2.09. The average molecular weight is 354 g/mol. The van der Waals surface area contributed by atoms with Gasteiger partial charge in [0, 0.05) is 21.8 Å². The highest BCUT2D eigenvalue weighted by Gasteiger charge is 2.11. The van der Waals surface area contributed by atoms with E-state index in [4.69, 9.17) is 23.2 Å². The second kappa shape index (κ2) is 7.65. The van der Waals surface area contributed by atoms with E-state index in [-0.39, 0.29) is 6.04 Å². The molecule has 0 radical (unpaired) electrons. The predicted octanol–water partition coefficient (Wildman–Crippen LogP) is 6.84. The van der Waals surface area contributed by atoms with Crippen LogP contribution in [0.25, 0.3) is 11.1 Å². The smallest absolute Gasteiger partial charge is 0.0750 e. The van der Waals surface area contributed by atoms with Crippen molar-refractivity contribution in [1.82, 2.24) is 0 Å². The van der Waals surface area contributed by atoms with E-state index < -0.39 is 0 Å². The molecule has 3 aromatic rings. The quantitative estimate of drug-likeness (QED) is 0.455. The normalized spacial score (nSPS) is 12.5. The molecule has 1 nitrogen and oxygen atoms in total. The van der Waals surface area contributed by atoms with E-state index in [1.165, 1.54) is 11.1 Å². The van der Waals surface area contributed by atoms with Gasteiger partial charge in [-0.25, -0.2) is 0 Å². The van der Waals surface area contributed by atoms with Crippen LogP contribution in [-0.2, 0) is 0 Å². The molecule has 0 fully saturated rings. The number of halogens is 2. The first kappa shape index (κ1) is 16.8. The lowest BCUT2D eigenvalue weighted by atomic mass is 10.0. The molecule has 0 amide bonds. The Morgan fingerprint density at radius 1 is 0.750 bits per heavy atom. The van der Waals surface area contributed by atoms with E-state index in [2.05, 4.69) is 41.4 Å². The van der Waals surface area contributed by atoms with Crippen LogP contribution in [0.1, 0.15) is 24.1 Å².